The number of alkyl carbamates (subject to hydrolysis) is 1. The van der Waals surface area contributed by atoms with Crippen LogP contribution in [0.4, 0.5) is 4.79 Å². The molecule has 0 spiro atoms. The maximum absolute atomic E-state index is 12.7. The SMILES string of the molecule is Cn1ncc(Br)c1C(=O)N1CCCC(NC(=O)OC(C)(C)C)C1. The van der Waals surface area contributed by atoms with Crippen LogP contribution in [0.25, 0.3) is 0 Å². The fraction of sp³-hybridized carbons (Fsp3) is 0.667. The molecule has 8 heteroatoms. The number of aromatic nitrogens is 2. The standard InChI is InChI=1S/C15H23BrN4O3/c1-15(2,3)23-14(22)18-10-6-5-7-20(9-10)13(21)12-11(16)8-17-19(12)4/h8,10H,5-7,9H2,1-4H3,(H,18,22). The molecule has 1 aromatic heterocycles. The number of rotatable bonds is 2. The van der Waals surface area contributed by atoms with E-state index in [0.717, 1.165) is 12.8 Å². The fourth-order valence-electron chi connectivity index (χ4n) is 2.55. The summed E-state index contributed by atoms with van der Waals surface area (Å²) in [5, 5.41) is 6.92. The van der Waals surface area contributed by atoms with Gasteiger partial charge in [-0.25, -0.2) is 4.79 Å². The van der Waals surface area contributed by atoms with Crippen LogP contribution < -0.4 is 5.32 Å². The van der Waals surface area contributed by atoms with Crippen LogP contribution in [-0.4, -0.2) is 51.4 Å². The van der Waals surface area contributed by atoms with E-state index in [-0.39, 0.29) is 11.9 Å². The van der Waals surface area contributed by atoms with Crippen molar-refractivity contribution in [1.29, 1.82) is 0 Å². The molecule has 23 heavy (non-hydrogen) atoms. The molecular weight excluding hydrogens is 364 g/mol. The van der Waals surface area contributed by atoms with Crippen LogP contribution in [0.2, 0.25) is 0 Å². The summed E-state index contributed by atoms with van der Waals surface area (Å²) in [7, 11) is 1.73. The van der Waals surface area contributed by atoms with Gasteiger partial charge in [-0.1, -0.05) is 0 Å². The molecule has 2 amide bonds. The molecule has 0 bridgehead atoms. The van der Waals surface area contributed by atoms with Gasteiger partial charge in [-0.05, 0) is 49.5 Å². The Balaban J connectivity index is 1.98. The minimum atomic E-state index is -0.534. The molecule has 128 valence electrons. The summed E-state index contributed by atoms with van der Waals surface area (Å²) in [6.07, 6.45) is 2.82. The van der Waals surface area contributed by atoms with E-state index in [1.807, 2.05) is 20.8 Å². The molecule has 1 saturated heterocycles. The molecule has 2 rings (SSSR count). The van der Waals surface area contributed by atoms with Gasteiger partial charge >= 0.3 is 6.09 Å². The second kappa shape index (κ2) is 6.90. The first-order valence-corrected chi connectivity index (χ1v) is 8.43. The van der Waals surface area contributed by atoms with Gasteiger partial charge in [0.1, 0.15) is 11.3 Å². The number of likely N-dealkylation sites (tertiary alicyclic amines) is 1. The zero-order valence-corrected chi connectivity index (χ0v) is 15.5. The summed E-state index contributed by atoms with van der Waals surface area (Å²) in [6.45, 7) is 6.61. The van der Waals surface area contributed by atoms with Gasteiger partial charge in [0, 0.05) is 26.2 Å². The number of aryl methyl sites for hydroxylation is 1. The van der Waals surface area contributed by atoms with Crippen molar-refractivity contribution in [3.63, 3.8) is 0 Å². The van der Waals surface area contributed by atoms with Crippen molar-refractivity contribution in [2.75, 3.05) is 13.1 Å². The summed E-state index contributed by atoms with van der Waals surface area (Å²) in [5.41, 5.74) is -0.0173. The highest BCUT2D eigenvalue weighted by Gasteiger charge is 2.29. The monoisotopic (exact) mass is 386 g/mol. The Bertz CT molecular complexity index is 575. The average molecular weight is 387 g/mol. The van der Waals surface area contributed by atoms with E-state index in [1.165, 1.54) is 0 Å². The summed E-state index contributed by atoms with van der Waals surface area (Å²) < 4.78 is 7.50. The molecule has 1 aromatic rings. The smallest absolute Gasteiger partial charge is 0.407 e. The van der Waals surface area contributed by atoms with Crippen molar-refractivity contribution in [2.24, 2.45) is 7.05 Å². The molecule has 1 aliphatic heterocycles. The minimum absolute atomic E-state index is 0.0902. The van der Waals surface area contributed by atoms with Crippen LogP contribution in [-0.2, 0) is 11.8 Å². The van der Waals surface area contributed by atoms with Crippen molar-refractivity contribution in [3.8, 4) is 0 Å². The molecule has 1 atom stereocenters. The van der Waals surface area contributed by atoms with Gasteiger partial charge in [-0.3, -0.25) is 9.48 Å². The Morgan fingerprint density at radius 1 is 1.43 bits per heavy atom. The number of halogens is 1. The lowest BCUT2D eigenvalue weighted by molar-refractivity contribution is 0.0450. The van der Waals surface area contributed by atoms with E-state index in [1.54, 1.807) is 22.8 Å². The Hall–Kier alpha value is -1.57. The summed E-state index contributed by atoms with van der Waals surface area (Å²) >= 11 is 3.35. The normalized spacial score (nSPS) is 18.7. The number of nitrogens with one attached hydrogen (secondary N) is 1. The van der Waals surface area contributed by atoms with Gasteiger partial charge in [-0.15, -0.1) is 0 Å². The zero-order chi connectivity index (χ0) is 17.2. The Kier molecular flexibility index (Phi) is 5.33. The number of carbonyl (C=O) groups is 2. The maximum atomic E-state index is 12.7. The highest BCUT2D eigenvalue weighted by atomic mass is 79.9. The summed E-state index contributed by atoms with van der Waals surface area (Å²) in [4.78, 5) is 26.3. The minimum Gasteiger partial charge on any atom is -0.444 e. The predicted molar refractivity (Wildman–Crippen MR) is 89.2 cm³/mol. The molecule has 1 fully saturated rings. The first-order chi connectivity index (χ1) is 10.7. The van der Waals surface area contributed by atoms with E-state index in [0.29, 0.717) is 23.3 Å². The number of nitrogens with zero attached hydrogens (tertiary/aromatic N) is 3. The summed E-state index contributed by atoms with van der Waals surface area (Å²) in [6, 6.07) is -0.102. The number of piperidine rings is 1. The van der Waals surface area contributed by atoms with Crippen LogP contribution in [0.5, 0.6) is 0 Å². The quantitative estimate of drug-likeness (QED) is 0.845. The highest BCUT2D eigenvalue weighted by molar-refractivity contribution is 9.10. The first kappa shape index (κ1) is 17.8. The maximum Gasteiger partial charge on any atom is 0.407 e. The van der Waals surface area contributed by atoms with E-state index >= 15 is 0 Å². The van der Waals surface area contributed by atoms with Gasteiger partial charge in [-0.2, -0.15) is 5.10 Å². The van der Waals surface area contributed by atoms with Gasteiger partial charge in [0.15, 0.2) is 0 Å². The van der Waals surface area contributed by atoms with E-state index in [4.69, 9.17) is 4.74 Å². The van der Waals surface area contributed by atoms with Gasteiger partial charge in [0.05, 0.1) is 10.7 Å². The second-order valence-electron chi connectivity index (χ2n) is 6.70. The number of amides is 2. The molecule has 0 aromatic carbocycles. The number of ether oxygens (including phenoxy) is 1. The fourth-order valence-corrected chi connectivity index (χ4v) is 3.07. The highest BCUT2D eigenvalue weighted by Crippen LogP contribution is 2.20. The van der Waals surface area contributed by atoms with Crippen molar-refractivity contribution >= 4 is 27.9 Å². The van der Waals surface area contributed by atoms with Crippen molar-refractivity contribution < 1.29 is 14.3 Å². The van der Waals surface area contributed by atoms with E-state index in [9.17, 15) is 9.59 Å². The number of hydrogen-bond acceptors (Lipinski definition) is 4. The summed E-state index contributed by atoms with van der Waals surface area (Å²) in [5.74, 6) is -0.0902. The second-order valence-corrected chi connectivity index (χ2v) is 7.56. The molecule has 0 radical (unpaired) electrons. The molecule has 0 saturated carbocycles. The largest absolute Gasteiger partial charge is 0.444 e. The van der Waals surface area contributed by atoms with Crippen LogP contribution in [0, 0.1) is 0 Å². The third kappa shape index (κ3) is 4.70. The Morgan fingerprint density at radius 3 is 2.70 bits per heavy atom. The molecule has 1 N–H and O–H groups in total. The van der Waals surface area contributed by atoms with Crippen LogP contribution in [0.15, 0.2) is 10.7 Å². The lowest BCUT2D eigenvalue weighted by atomic mass is 10.1. The number of carbonyl (C=O) groups excluding carboxylic acids is 2. The predicted octanol–water partition coefficient (Wildman–Crippen LogP) is 2.31. The lowest BCUT2D eigenvalue weighted by Gasteiger charge is -2.33. The first-order valence-electron chi connectivity index (χ1n) is 7.63. The average Bonchev–Trinajstić information content (AvgIpc) is 2.75. The third-order valence-electron chi connectivity index (χ3n) is 3.53. The number of hydrogen-bond donors (Lipinski definition) is 1. The lowest BCUT2D eigenvalue weighted by Crippen LogP contribution is -2.50. The van der Waals surface area contributed by atoms with Crippen molar-refractivity contribution in [2.45, 2.75) is 45.3 Å². The Morgan fingerprint density at radius 2 is 2.13 bits per heavy atom. The van der Waals surface area contributed by atoms with E-state index in [2.05, 4.69) is 26.3 Å². The topological polar surface area (TPSA) is 76.5 Å². The van der Waals surface area contributed by atoms with E-state index < -0.39 is 11.7 Å². The third-order valence-corrected chi connectivity index (χ3v) is 4.11. The molecule has 2 heterocycles. The molecule has 0 aliphatic carbocycles. The van der Waals surface area contributed by atoms with Gasteiger partial charge in [0.25, 0.3) is 5.91 Å². The van der Waals surface area contributed by atoms with Gasteiger partial charge in [0.2, 0.25) is 0 Å². The zero-order valence-electron chi connectivity index (χ0n) is 13.9. The molecular formula is C15H23BrN4O3. The molecule has 7 nitrogen and oxygen atoms in total. The van der Waals surface area contributed by atoms with Gasteiger partial charge < -0.3 is 15.0 Å². The van der Waals surface area contributed by atoms with Crippen molar-refractivity contribution in [3.05, 3.63) is 16.4 Å². The molecule has 1 aliphatic rings. The van der Waals surface area contributed by atoms with Crippen LogP contribution in [0.1, 0.15) is 44.1 Å². The van der Waals surface area contributed by atoms with Crippen LogP contribution in [0.3, 0.4) is 0 Å². The van der Waals surface area contributed by atoms with Crippen molar-refractivity contribution in [1.82, 2.24) is 20.0 Å². The Labute approximate surface area is 144 Å². The van der Waals surface area contributed by atoms with Crippen LogP contribution >= 0.6 is 15.9 Å². The molecule has 1 unspecified atom stereocenters.